The smallest absolute Gasteiger partial charge is 0.257 e. The number of benzene rings is 1. The Bertz CT molecular complexity index is 657. The summed E-state index contributed by atoms with van der Waals surface area (Å²) in [5.74, 6) is 1.01. The van der Waals surface area contributed by atoms with Crippen LogP contribution < -0.4 is 10.6 Å². The number of carbonyl (C=O) groups excluding carboxylic acids is 1. The van der Waals surface area contributed by atoms with Crippen molar-refractivity contribution < 1.29 is 9.32 Å². The number of aromatic nitrogens is 2. The minimum absolute atomic E-state index is 0. The highest BCUT2D eigenvalue weighted by molar-refractivity contribution is 5.93. The first kappa shape index (κ1) is 19.1. The number of nitrogens with one attached hydrogen (secondary N) is 2. The number of carbonyl (C=O) groups is 1. The van der Waals surface area contributed by atoms with Crippen molar-refractivity contribution in [1.82, 2.24) is 15.5 Å². The van der Waals surface area contributed by atoms with E-state index in [1.807, 2.05) is 46.0 Å². The molecular weight excluding hydrogens is 316 g/mol. The van der Waals surface area contributed by atoms with Gasteiger partial charge in [-0.25, -0.2) is 0 Å². The molecule has 1 amide bonds. The number of amides is 1. The lowest BCUT2D eigenvalue weighted by Crippen LogP contribution is -2.28. The van der Waals surface area contributed by atoms with E-state index in [0.717, 1.165) is 23.2 Å². The second kappa shape index (κ2) is 8.64. The minimum atomic E-state index is -0.108. The molecule has 0 saturated carbocycles. The lowest BCUT2D eigenvalue weighted by molar-refractivity contribution is -0.119. The van der Waals surface area contributed by atoms with E-state index in [9.17, 15) is 4.79 Å². The first-order valence-corrected chi connectivity index (χ1v) is 7.44. The van der Waals surface area contributed by atoms with Gasteiger partial charge >= 0.3 is 0 Å². The zero-order valence-electron chi connectivity index (χ0n) is 13.8. The summed E-state index contributed by atoms with van der Waals surface area (Å²) in [6.45, 7) is 6.44. The highest BCUT2D eigenvalue weighted by Gasteiger charge is 2.15. The van der Waals surface area contributed by atoms with Crippen molar-refractivity contribution >= 4 is 24.0 Å². The highest BCUT2D eigenvalue weighted by Crippen LogP contribution is 2.24. The fourth-order valence-corrected chi connectivity index (χ4v) is 2.06. The van der Waals surface area contributed by atoms with Gasteiger partial charge in [0.25, 0.3) is 5.89 Å². The van der Waals surface area contributed by atoms with Crippen LogP contribution in [0.2, 0.25) is 0 Å². The van der Waals surface area contributed by atoms with Crippen LogP contribution in [0, 0.1) is 12.8 Å². The first-order valence-electron chi connectivity index (χ1n) is 7.44. The molecule has 23 heavy (non-hydrogen) atoms. The van der Waals surface area contributed by atoms with E-state index in [0.29, 0.717) is 18.3 Å². The van der Waals surface area contributed by atoms with Gasteiger partial charge in [-0.2, -0.15) is 4.98 Å². The van der Waals surface area contributed by atoms with Gasteiger partial charge < -0.3 is 15.2 Å². The van der Waals surface area contributed by atoms with Crippen molar-refractivity contribution in [2.45, 2.75) is 27.2 Å². The van der Waals surface area contributed by atoms with Crippen LogP contribution in [0.25, 0.3) is 11.5 Å². The number of hydrogen-bond donors (Lipinski definition) is 2. The molecule has 1 aromatic carbocycles. The molecule has 0 saturated heterocycles. The zero-order valence-corrected chi connectivity index (χ0v) is 14.7. The van der Waals surface area contributed by atoms with E-state index >= 15 is 0 Å². The lowest BCUT2D eigenvalue weighted by atomic mass is 10.1. The molecule has 1 heterocycles. The quantitative estimate of drug-likeness (QED) is 0.846. The molecule has 126 valence electrons. The van der Waals surface area contributed by atoms with Gasteiger partial charge in [-0.1, -0.05) is 25.1 Å². The monoisotopic (exact) mass is 338 g/mol. The summed E-state index contributed by atoms with van der Waals surface area (Å²) in [4.78, 5) is 16.5. The Labute approximate surface area is 142 Å². The lowest BCUT2D eigenvalue weighted by Gasteiger charge is -2.13. The van der Waals surface area contributed by atoms with Gasteiger partial charge in [-0.15, -0.1) is 12.4 Å². The van der Waals surface area contributed by atoms with Gasteiger partial charge in [0, 0.05) is 30.1 Å². The average Bonchev–Trinajstić information content (AvgIpc) is 2.98. The van der Waals surface area contributed by atoms with E-state index in [-0.39, 0.29) is 24.2 Å². The molecule has 0 spiro atoms. The van der Waals surface area contributed by atoms with Crippen molar-refractivity contribution in [3.63, 3.8) is 0 Å². The van der Waals surface area contributed by atoms with Gasteiger partial charge in [0.1, 0.15) is 0 Å². The molecule has 0 fully saturated rings. The Hall–Kier alpha value is -1.92. The van der Waals surface area contributed by atoms with Gasteiger partial charge in [-0.3, -0.25) is 4.79 Å². The fourth-order valence-electron chi connectivity index (χ4n) is 2.06. The Morgan fingerprint density at radius 1 is 1.39 bits per heavy atom. The molecule has 0 aliphatic rings. The highest BCUT2D eigenvalue weighted by atomic mass is 35.5. The van der Waals surface area contributed by atoms with Crippen LogP contribution in [-0.2, 0) is 11.2 Å². The Morgan fingerprint density at radius 2 is 2.13 bits per heavy atom. The third kappa shape index (κ3) is 4.77. The van der Waals surface area contributed by atoms with Crippen LogP contribution in [0.3, 0.4) is 0 Å². The SMILES string of the molecule is CCc1noc(-c2ccc(C)c(NC(=O)C(C)CNC)c2)n1.Cl. The molecule has 2 rings (SSSR count). The van der Waals surface area contributed by atoms with Crippen LogP contribution in [-0.4, -0.2) is 29.6 Å². The third-order valence-corrected chi connectivity index (χ3v) is 3.48. The molecule has 0 bridgehead atoms. The van der Waals surface area contributed by atoms with E-state index in [1.54, 1.807) is 0 Å². The van der Waals surface area contributed by atoms with Crippen molar-refractivity contribution in [3.8, 4) is 11.5 Å². The molecule has 2 aromatic rings. The average molecular weight is 339 g/mol. The molecule has 0 aliphatic carbocycles. The third-order valence-electron chi connectivity index (χ3n) is 3.48. The van der Waals surface area contributed by atoms with Gasteiger partial charge in [-0.05, 0) is 31.7 Å². The van der Waals surface area contributed by atoms with Crippen LogP contribution >= 0.6 is 12.4 Å². The largest absolute Gasteiger partial charge is 0.334 e. The van der Waals surface area contributed by atoms with Crippen molar-refractivity contribution in [2.24, 2.45) is 5.92 Å². The predicted molar refractivity (Wildman–Crippen MR) is 92.8 cm³/mol. The summed E-state index contributed by atoms with van der Waals surface area (Å²) in [7, 11) is 1.83. The summed E-state index contributed by atoms with van der Waals surface area (Å²) in [6.07, 6.45) is 0.723. The number of nitrogens with zero attached hydrogens (tertiary/aromatic N) is 2. The maximum Gasteiger partial charge on any atom is 0.257 e. The van der Waals surface area contributed by atoms with Crippen molar-refractivity contribution in [3.05, 3.63) is 29.6 Å². The number of aryl methyl sites for hydroxylation is 2. The molecule has 1 unspecified atom stereocenters. The molecule has 1 aromatic heterocycles. The fraction of sp³-hybridized carbons (Fsp3) is 0.438. The van der Waals surface area contributed by atoms with Crippen LogP contribution in [0.5, 0.6) is 0 Å². The number of rotatable bonds is 6. The summed E-state index contributed by atoms with van der Waals surface area (Å²) in [5.41, 5.74) is 2.56. The van der Waals surface area contributed by atoms with Crippen LogP contribution in [0.4, 0.5) is 5.69 Å². The van der Waals surface area contributed by atoms with E-state index in [1.165, 1.54) is 0 Å². The van der Waals surface area contributed by atoms with E-state index in [4.69, 9.17) is 4.52 Å². The molecule has 2 N–H and O–H groups in total. The Balaban J connectivity index is 0.00000264. The molecule has 0 radical (unpaired) electrons. The van der Waals surface area contributed by atoms with Crippen LogP contribution in [0.1, 0.15) is 25.2 Å². The Kier molecular flexibility index (Phi) is 7.19. The first-order chi connectivity index (χ1) is 10.5. The zero-order chi connectivity index (χ0) is 16.1. The standard InChI is InChI=1S/C16H22N4O2.ClH/c1-5-14-19-16(22-20-14)12-7-6-10(2)13(8-12)18-15(21)11(3)9-17-4;/h6-8,11,17H,5,9H2,1-4H3,(H,18,21);1H. The second-order valence-electron chi connectivity index (χ2n) is 5.35. The summed E-state index contributed by atoms with van der Waals surface area (Å²) in [5, 5.41) is 9.85. The number of halogens is 1. The number of hydrogen-bond acceptors (Lipinski definition) is 5. The molecule has 0 aliphatic heterocycles. The van der Waals surface area contributed by atoms with E-state index in [2.05, 4.69) is 20.8 Å². The van der Waals surface area contributed by atoms with E-state index < -0.39 is 0 Å². The van der Waals surface area contributed by atoms with Gasteiger partial charge in [0.15, 0.2) is 5.82 Å². The summed E-state index contributed by atoms with van der Waals surface area (Å²) >= 11 is 0. The molecule has 7 heteroatoms. The van der Waals surface area contributed by atoms with Crippen molar-refractivity contribution in [1.29, 1.82) is 0 Å². The molecule has 1 atom stereocenters. The maximum atomic E-state index is 12.2. The topological polar surface area (TPSA) is 80.0 Å². The molecular formula is C16H23ClN4O2. The Morgan fingerprint density at radius 3 is 2.74 bits per heavy atom. The van der Waals surface area contributed by atoms with Gasteiger partial charge in [0.05, 0.1) is 0 Å². The van der Waals surface area contributed by atoms with Crippen molar-refractivity contribution in [2.75, 3.05) is 18.9 Å². The van der Waals surface area contributed by atoms with Gasteiger partial charge in [0.2, 0.25) is 5.91 Å². The number of anilines is 1. The maximum absolute atomic E-state index is 12.2. The normalized spacial score (nSPS) is 11.7. The van der Waals surface area contributed by atoms with Crippen LogP contribution in [0.15, 0.2) is 22.7 Å². The minimum Gasteiger partial charge on any atom is -0.334 e. The summed E-state index contributed by atoms with van der Waals surface area (Å²) in [6, 6.07) is 5.71. The second-order valence-corrected chi connectivity index (χ2v) is 5.35. The predicted octanol–water partition coefficient (Wildman–Crippen LogP) is 2.82. The summed E-state index contributed by atoms with van der Waals surface area (Å²) < 4.78 is 5.24. The molecule has 6 nitrogen and oxygen atoms in total.